The number of fused-ring (bicyclic) bond motifs is 2. The quantitative estimate of drug-likeness (QED) is 0.704. The Hall–Kier alpha value is 0.400. The molecule has 2 fully saturated rings. The summed E-state index contributed by atoms with van der Waals surface area (Å²) in [5.74, 6) is 2.73. The summed E-state index contributed by atoms with van der Waals surface area (Å²) in [6.07, 6.45) is 12.2. The topological polar surface area (TPSA) is 3.24 Å². The van der Waals surface area contributed by atoms with E-state index in [9.17, 15) is 0 Å². The van der Waals surface area contributed by atoms with Gasteiger partial charge in [0.1, 0.15) is 0 Å². The van der Waals surface area contributed by atoms with Crippen molar-refractivity contribution >= 4 is 23.5 Å². The molecule has 108 valence electrons. The van der Waals surface area contributed by atoms with Crippen molar-refractivity contribution in [2.75, 3.05) is 18.6 Å². The van der Waals surface area contributed by atoms with Gasteiger partial charge in [-0.05, 0) is 62.7 Å². The van der Waals surface area contributed by atoms with E-state index in [4.69, 9.17) is 0 Å². The molecule has 1 nitrogen and oxygen atoms in total. The molecule has 0 spiro atoms. The van der Waals surface area contributed by atoms with Crippen LogP contribution in [0.4, 0.5) is 0 Å². The van der Waals surface area contributed by atoms with Gasteiger partial charge in [0.25, 0.3) is 0 Å². The Balaban J connectivity index is 1.90. The first-order valence-corrected chi connectivity index (χ1v) is 9.94. The first kappa shape index (κ1) is 14.3. The number of likely N-dealkylation sites (N-methyl/N-ethyl adjacent to an activating group) is 1. The van der Waals surface area contributed by atoms with Crippen LogP contribution in [-0.4, -0.2) is 39.6 Å². The van der Waals surface area contributed by atoms with Crippen LogP contribution in [-0.2, 0) is 0 Å². The Morgan fingerprint density at radius 3 is 2.79 bits per heavy atom. The van der Waals surface area contributed by atoms with Crippen LogP contribution in [0.3, 0.4) is 0 Å². The van der Waals surface area contributed by atoms with E-state index < -0.39 is 0 Å². The molecule has 0 aromatic rings. The zero-order valence-electron chi connectivity index (χ0n) is 12.4. The number of hydrogen-bond acceptors (Lipinski definition) is 3. The van der Waals surface area contributed by atoms with Crippen molar-refractivity contribution < 1.29 is 0 Å². The Bertz CT molecular complexity index is 341. The molecule has 0 aromatic heterocycles. The first-order valence-electron chi connectivity index (χ1n) is 7.97. The highest BCUT2D eigenvalue weighted by Gasteiger charge is 2.44. The van der Waals surface area contributed by atoms with Crippen molar-refractivity contribution in [3.63, 3.8) is 0 Å². The van der Waals surface area contributed by atoms with Gasteiger partial charge in [0.15, 0.2) is 0 Å². The molecule has 0 amide bonds. The number of thioether (sulfide) groups is 2. The number of hydrogen-bond donors (Lipinski definition) is 0. The summed E-state index contributed by atoms with van der Waals surface area (Å²) >= 11 is 4.52. The predicted molar refractivity (Wildman–Crippen MR) is 89.1 cm³/mol. The van der Waals surface area contributed by atoms with E-state index in [0.717, 1.165) is 12.1 Å². The molecule has 3 heterocycles. The van der Waals surface area contributed by atoms with Crippen LogP contribution in [0, 0.1) is 0 Å². The maximum atomic E-state index is 2.70. The highest BCUT2D eigenvalue weighted by Crippen LogP contribution is 2.54. The molecule has 3 aliphatic heterocycles. The minimum atomic E-state index is 0.422. The second-order valence-corrected chi connectivity index (χ2v) is 9.25. The van der Waals surface area contributed by atoms with Gasteiger partial charge in [-0.3, -0.25) is 4.90 Å². The van der Waals surface area contributed by atoms with E-state index in [1.165, 1.54) is 56.5 Å². The third-order valence-electron chi connectivity index (χ3n) is 5.04. The molecule has 19 heavy (non-hydrogen) atoms. The lowest BCUT2D eigenvalue weighted by molar-refractivity contribution is 0.258. The van der Waals surface area contributed by atoms with Crippen LogP contribution in [0.15, 0.2) is 11.6 Å². The standard InChI is InChI=1S/C16H27NS2/c1-3-10-16(18-11-5-12-19-16)14-7-4-6-13-8-9-15(14)17(13)2/h7,13,15H,3-6,8-12H2,1-2H3/t13-,15-/m1/s1. The number of allylic oxidation sites excluding steroid dienone is 1. The van der Waals surface area contributed by atoms with Gasteiger partial charge in [0.05, 0.1) is 4.08 Å². The molecule has 0 N–H and O–H groups in total. The summed E-state index contributed by atoms with van der Waals surface area (Å²) in [6.45, 7) is 2.36. The van der Waals surface area contributed by atoms with Gasteiger partial charge in [-0.1, -0.05) is 19.4 Å². The number of nitrogens with zero attached hydrogens (tertiary/aromatic N) is 1. The molecule has 3 rings (SSSR count). The molecular weight excluding hydrogens is 270 g/mol. The maximum Gasteiger partial charge on any atom is 0.0835 e. The van der Waals surface area contributed by atoms with Gasteiger partial charge < -0.3 is 0 Å². The fourth-order valence-corrected chi connectivity index (χ4v) is 7.79. The molecule has 3 aliphatic rings. The van der Waals surface area contributed by atoms with Crippen molar-refractivity contribution in [1.29, 1.82) is 0 Å². The van der Waals surface area contributed by atoms with Crippen LogP contribution in [0.2, 0.25) is 0 Å². The fraction of sp³-hybridized carbons (Fsp3) is 0.875. The van der Waals surface area contributed by atoms with Crippen LogP contribution in [0.5, 0.6) is 0 Å². The molecule has 3 heteroatoms. The van der Waals surface area contributed by atoms with E-state index in [-0.39, 0.29) is 0 Å². The minimum Gasteiger partial charge on any atom is -0.297 e. The Labute approximate surface area is 127 Å². The van der Waals surface area contributed by atoms with Crippen molar-refractivity contribution in [3.05, 3.63) is 11.6 Å². The lowest BCUT2D eigenvalue weighted by atomic mass is 9.95. The molecule has 0 aliphatic carbocycles. The lowest BCUT2D eigenvalue weighted by Gasteiger charge is -2.42. The smallest absolute Gasteiger partial charge is 0.0835 e. The normalized spacial score (nSPS) is 34.9. The summed E-state index contributed by atoms with van der Waals surface area (Å²) < 4.78 is 0.422. The molecular formula is C16H27NS2. The van der Waals surface area contributed by atoms with Crippen LogP contribution < -0.4 is 0 Å². The van der Waals surface area contributed by atoms with E-state index in [2.05, 4.69) is 48.5 Å². The van der Waals surface area contributed by atoms with Crippen molar-refractivity contribution in [1.82, 2.24) is 4.90 Å². The summed E-state index contributed by atoms with van der Waals surface area (Å²) in [4.78, 5) is 2.70. The number of rotatable bonds is 3. The third kappa shape index (κ3) is 2.63. The fourth-order valence-electron chi connectivity index (χ4n) is 4.07. The summed E-state index contributed by atoms with van der Waals surface area (Å²) in [5, 5.41) is 0. The molecule has 0 radical (unpaired) electrons. The van der Waals surface area contributed by atoms with E-state index in [1.54, 1.807) is 5.57 Å². The van der Waals surface area contributed by atoms with Gasteiger partial charge in [-0.2, -0.15) is 0 Å². The maximum absolute atomic E-state index is 2.70. The van der Waals surface area contributed by atoms with Crippen LogP contribution in [0.1, 0.15) is 51.9 Å². The van der Waals surface area contributed by atoms with Gasteiger partial charge in [0.2, 0.25) is 0 Å². The van der Waals surface area contributed by atoms with Crippen molar-refractivity contribution in [2.24, 2.45) is 0 Å². The van der Waals surface area contributed by atoms with E-state index >= 15 is 0 Å². The zero-order valence-corrected chi connectivity index (χ0v) is 14.0. The SMILES string of the molecule is CCCC1(C2=CCC[C@@H]3CC[C@H]2N3C)SCCCS1. The van der Waals surface area contributed by atoms with Gasteiger partial charge >= 0.3 is 0 Å². The molecule has 0 saturated carbocycles. The average molecular weight is 298 g/mol. The highest BCUT2D eigenvalue weighted by molar-refractivity contribution is 8.19. The van der Waals surface area contributed by atoms with Gasteiger partial charge in [-0.15, -0.1) is 23.5 Å². The second kappa shape index (κ2) is 6.03. The predicted octanol–water partition coefficient (Wildman–Crippen LogP) is 4.54. The monoisotopic (exact) mass is 297 g/mol. The second-order valence-electron chi connectivity index (χ2n) is 6.20. The molecule has 2 saturated heterocycles. The molecule has 2 bridgehead atoms. The van der Waals surface area contributed by atoms with Gasteiger partial charge in [0, 0.05) is 12.1 Å². The summed E-state index contributed by atoms with van der Waals surface area (Å²) in [7, 11) is 2.37. The van der Waals surface area contributed by atoms with Crippen LogP contribution in [0.25, 0.3) is 0 Å². The van der Waals surface area contributed by atoms with E-state index in [1.807, 2.05) is 0 Å². The Morgan fingerprint density at radius 2 is 2.05 bits per heavy atom. The van der Waals surface area contributed by atoms with E-state index in [0.29, 0.717) is 4.08 Å². The lowest BCUT2D eigenvalue weighted by Crippen LogP contribution is -2.40. The van der Waals surface area contributed by atoms with Crippen molar-refractivity contribution in [2.45, 2.75) is 68.0 Å². The van der Waals surface area contributed by atoms with Gasteiger partial charge in [-0.25, -0.2) is 0 Å². The van der Waals surface area contributed by atoms with Crippen LogP contribution >= 0.6 is 23.5 Å². The Morgan fingerprint density at radius 1 is 1.26 bits per heavy atom. The molecule has 0 aromatic carbocycles. The highest BCUT2D eigenvalue weighted by atomic mass is 32.2. The third-order valence-corrected chi connectivity index (χ3v) is 8.55. The Kier molecular flexibility index (Phi) is 4.55. The molecule has 2 atom stereocenters. The summed E-state index contributed by atoms with van der Waals surface area (Å²) in [6, 6.07) is 1.60. The van der Waals surface area contributed by atoms with Crippen molar-refractivity contribution in [3.8, 4) is 0 Å². The molecule has 0 unspecified atom stereocenters. The summed E-state index contributed by atoms with van der Waals surface area (Å²) in [5.41, 5.74) is 1.80. The first-order chi connectivity index (χ1) is 9.27. The average Bonchev–Trinajstić information content (AvgIpc) is 2.65. The minimum absolute atomic E-state index is 0.422. The zero-order chi connectivity index (χ0) is 13.3. The largest absolute Gasteiger partial charge is 0.297 e.